The number of nitrogens with zero attached hydrogens (tertiary/aromatic N) is 3. The summed E-state index contributed by atoms with van der Waals surface area (Å²) in [6.07, 6.45) is 3.29. The van der Waals surface area contributed by atoms with Crippen molar-refractivity contribution in [3.8, 4) is 5.75 Å². The number of aryl methyl sites for hydroxylation is 2. The number of β-amino-alcohol motifs (C(OH)–C–C–N with tert-alkyl or cyclic N) is 1. The molecule has 2 aromatic rings. The van der Waals surface area contributed by atoms with Crippen LogP contribution < -0.4 is 4.74 Å². The molecule has 0 radical (unpaired) electrons. The molecule has 1 amide bonds. The Balaban J connectivity index is 1.68. The van der Waals surface area contributed by atoms with Crippen molar-refractivity contribution in [2.45, 2.75) is 12.5 Å². The van der Waals surface area contributed by atoms with E-state index in [0.717, 1.165) is 5.56 Å². The van der Waals surface area contributed by atoms with E-state index in [-0.39, 0.29) is 25.7 Å². The van der Waals surface area contributed by atoms with Crippen LogP contribution in [-0.4, -0.2) is 64.0 Å². The molecule has 25 heavy (non-hydrogen) atoms. The Labute approximate surface area is 146 Å². The summed E-state index contributed by atoms with van der Waals surface area (Å²) in [4.78, 5) is 18.3. The summed E-state index contributed by atoms with van der Waals surface area (Å²) < 4.78 is 12.9. The first-order chi connectivity index (χ1) is 12.0. The fourth-order valence-corrected chi connectivity index (χ4v) is 2.74. The highest BCUT2D eigenvalue weighted by Gasteiger charge is 2.36. The molecule has 2 heterocycles. The van der Waals surface area contributed by atoms with Crippen molar-refractivity contribution in [2.75, 3.05) is 32.9 Å². The van der Waals surface area contributed by atoms with Gasteiger partial charge in [0.2, 0.25) is 0 Å². The first-order valence-corrected chi connectivity index (χ1v) is 8.23. The van der Waals surface area contributed by atoms with Gasteiger partial charge in [0.05, 0.1) is 19.8 Å². The number of ether oxygens (including phenoxy) is 2. The third kappa shape index (κ3) is 4.18. The van der Waals surface area contributed by atoms with Gasteiger partial charge in [-0.3, -0.25) is 4.79 Å². The second-order valence-corrected chi connectivity index (χ2v) is 6.47. The molecule has 1 aromatic carbocycles. The van der Waals surface area contributed by atoms with Crippen LogP contribution in [0.25, 0.3) is 0 Å². The Kier molecular flexibility index (Phi) is 5.06. The highest BCUT2D eigenvalue weighted by Crippen LogP contribution is 2.18. The van der Waals surface area contributed by atoms with Crippen LogP contribution in [0.5, 0.6) is 5.75 Å². The van der Waals surface area contributed by atoms with E-state index in [1.54, 1.807) is 28.9 Å². The van der Waals surface area contributed by atoms with Gasteiger partial charge in [0, 0.05) is 26.0 Å². The second kappa shape index (κ2) is 7.25. The van der Waals surface area contributed by atoms with Gasteiger partial charge in [-0.1, -0.05) is 17.7 Å². The first kappa shape index (κ1) is 17.4. The van der Waals surface area contributed by atoms with Crippen LogP contribution in [0, 0.1) is 6.92 Å². The SMILES string of the molecule is Cc1ccc(OC[C@@]2(O)COCCN(C(=O)c3nccn3C)C2)cc1. The average Bonchev–Trinajstić information content (AvgIpc) is 2.92. The monoisotopic (exact) mass is 345 g/mol. The van der Waals surface area contributed by atoms with Crippen molar-refractivity contribution in [3.63, 3.8) is 0 Å². The molecule has 134 valence electrons. The molecule has 1 aliphatic heterocycles. The molecule has 0 spiro atoms. The van der Waals surface area contributed by atoms with Gasteiger partial charge >= 0.3 is 0 Å². The number of imidazole rings is 1. The predicted molar refractivity (Wildman–Crippen MR) is 91.6 cm³/mol. The van der Waals surface area contributed by atoms with Gasteiger partial charge in [0.25, 0.3) is 5.91 Å². The lowest BCUT2D eigenvalue weighted by Crippen LogP contribution is -2.50. The average molecular weight is 345 g/mol. The Morgan fingerprint density at radius 3 is 2.84 bits per heavy atom. The van der Waals surface area contributed by atoms with E-state index < -0.39 is 5.60 Å². The van der Waals surface area contributed by atoms with E-state index in [1.165, 1.54) is 0 Å². The van der Waals surface area contributed by atoms with E-state index in [2.05, 4.69) is 4.98 Å². The van der Waals surface area contributed by atoms with E-state index in [1.807, 2.05) is 31.2 Å². The molecule has 1 saturated heterocycles. The summed E-state index contributed by atoms with van der Waals surface area (Å²) in [7, 11) is 1.77. The molecule has 7 heteroatoms. The molecule has 0 aliphatic carbocycles. The fourth-order valence-electron chi connectivity index (χ4n) is 2.74. The van der Waals surface area contributed by atoms with Gasteiger partial charge in [0.1, 0.15) is 18.0 Å². The smallest absolute Gasteiger partial charge is 0.290 e. The molecule has 0 bridgehead atoms. The summed E-state index contributed by atoms with van der Waals surface area (Å²) in [6.45, 7) is 3.05. The van der Waals surface area contributed by atoms with Crippen LogP contribution in [0.1, 0.15) is 16.2 Å². The number of aromatic nitrogens is 2. The highest BCUT2D eigenvalue weighted by molar-refractivity contribution is 5.90. The van der Waals surface area contributed by atoms with Gasteiger partial charge in [-0.15, -0.1) is 0 Å². The topological polar surface area (TPSA) is 76.8 Å². The zero-order valence-electron chi connectivity index (χ0n) is 14.5. The number of rotatable bonds is 4. The Morgan fingerprint density at radius 1 is 1.40 bits per heavy atom. The Hall–Kier alpha value is -2.38. The maximum Gasteiger partial charge on any atom is 0.290 e. The Morgan fingerprint density at radius 2 is 2.16 bits per heavy atom. The highest BCUT2D eigenvalue weighted by atomic mass is 16.5. The van der Waals surface area contributed by atoms with Gasteiger partial charge in [-0.2, -0.15) is 0 Å². The predicted octanol–water partition coefficient (Wildman–Crippen LogP) is 1.01. The summed E-state index contributed by atoms with van der Waals surface area (Å²) in [5.74, 6) is 0.778. The molecule has 0 unspecified atom stereocenters. The van der Waals surface area contributed by atoms with Gasteiger partial charge in [-0.05, 0) is 19.1 Å². The van der Waals surface area contributed by atoms with Crippen molar-refractivity contribution in [3.05, 3.63) is 48.0 Å². The zero-order chi connectivity index (χ0) is 17.9. The number of benzene rings is 1. The molecule has 1 atom stereocenters. The number of carbonyl (C=O) groups is 1. The van der Waals surface area contributed by atoms with Gasteiger partial charge in [-0.25, -0.2) is 4.98 Å². The summed E-state index contributed by atoms with van der Waals surface area (Å²) in [5.41, 5.74) is -0.141. The van der Waals surface area contributed by atoms with Crippen LogP contribution in [0.15, 0.2) is 36.7 Å². The molecular formula is C18H23N3O4. The van der Waals surface area contributed by atoms with E-state index in [9.17, 15) is 9.90 Å². The summed E-state index contributed by atoms with van der Waals surface area (Å²) in [6, 6.07) is 7.60. The van der Waals surface area contributed by atoms with Gasteiger partial charge < -0.3 is 24.0 Å². The number of hydrogen-bond acceptors (Lipinski definition) is 5. The van der Waals surface area contributed by atoms with Crippen molar-refractivity contribution in [1.29, 1.82) is 0 Å². The van der Waals surface area contributed by atoms with Crippen LogP contribution in [-0.2, 0) is 11.8 Å². The normalized spacial score (nSPS) is 21.0. The fraction of sp³-hybridized carbons (Fsp3) is 0.444. The van der Waals surface area contributed by atoms with Gasteiger partial charge in [0.15, 0.2) is 5.82 Å². The first-order valence-electron chi connectivity index (χ1n) is 8.23. The van der Waals surface area contributed by atoms with Crippen LogP contribution in [0.3, 0.4) is 0 Å². The van der Waals surface area contributed by atoms with E-state index in [0.29, 0.717) is 24.7 Å². The maximum atomic E-state index is 12.7. The third-order valence-electron chi connectivity index (χ3n) is 4.19. The quantitative estimate of drug-likeness (QED) is 0.895. The number of hydrogen-bond donors (Lipinski definition) is 1. The molecule has 1 fully saturated rings. The molecule has 3 rings (SSSR count). The lowest BCUT2D eigenvalue weighted by Gasteiger charge is -2.30. The molecule has 1 N–H and O–H groups in total. The van der Waals surface area contributed by atoms with E-state index in [4.69, 9.17) is 9.47 Å². The lowest BCUT2D eigenvalue weighted by molar-refractivity contribution is -0.0621. The number of amides is 1. The standard InChI is InChI=1S/C18H23N3O4/c1-14-3-5-15(6-4-14)25-13-18(23)11-21(9-10-24-12-18)17(22)16-19-7-8-20(16)2/h3-8,23H,9-13H2,1-2H3/t18-/m0/s1. The molecular weight excluding hydrogens is 322 g/mol. The van der Waals surface area contributed by atoms with Crippen molar-refractivity contribution < 1.29 is 19.4 Å². The number of aliphatic hydroxyl groups is 1. The summed E-state index contributed by atoms with van der Waals surface area (Å²) >= 11 is 0. The van der Waals surface area contributed by atoms with Crippen LogP contribution in [0.4, 0.5) is 0 Å². The summed E-state index contributed by atoms with van der Waals surface area (Å²) in [5, 5.41) is 10.9. The minimum atomic E-state index is -1.28. The largest absolute Gasteiger partial charge is 0.490 e. The van der Waals surface area contributed by atoms with Crippen molar-refractivity contribution >= 4 is 5.91 Å². The maximum absolute atomic E-state index is 12.7. The van der Waals surface area contributed by atoms with E-state index >= 15 is 0 Å². The zero-order valence-corrected chi connectivity index (χ0v) is 14.5. The van der Waals surface area contributed by atoms with Crippen molar-refractivity contribution in [2.24, 2.45) is 7.05 Å². The molecule has 0 saturated carbocycles. The van der Waals surface area contributed by atoms with Crippen molar-refractivity contribution in [1.82, 2.24) is 14.5 Å². The third-order valence-corrected chi connectivity index (χ3v) is 4.19. The second-order valence-electron chi connectivity index (χ2n) is 6.47. The van der Waals surface area contributed by atoms with Crippen LogP contribution >= 0.6 is 0 Å². The lowest BCUT2D eigenvalue weighted by atomic mass is 10.1. The molecule has 1 aliphatic rings. The number of carbonyl (C=O) groups excluding carboxylic acids is 1. The minimum absolute atomic E-state index is 0.0421. The Bertz CT molecular complexity index is 728. The molecule has 7 nitrogen and oxygen atoms in total. The molecule has 1 aromatic heterocycles. The van der Waals surface area contributed by atoms with Crippen LogP contribution in [0.2, 0.25) is 0 Å². The minimum Gasteiger partial charge on any atom is -0.490 e.